The molecule has 2 aromatic carbocycles. The number of fused-ring (bicyclic) bond motifs is 2. The number of nitrogens with zero attached hydrogens (tertiary/aromatic N) is 2. The standard InChI is InChI=1S/C26H27FN4O/c1-15(26-30-24-10-8-20(29-16(2)32)14-25(24)31-26)17-3-5-18(6-4-17)21-11-12-28-23-9-7-19(27)13-22(21)23/h7-15,17-18H,3-6H2,1-2H3,(H,29,32)(H,30,31). The van der Waals surface area contributed by atoms with Gasteiger partial charge in [-0.2, -0.15) is 0 Å². The van der Waals surface area contributed by atoms with Crippen LogP contribution in [-0.2, 0) is 4.79 Å². The summed E-state index contributed by atoms with van der Waals surface area (Å²) in [4.78, 5) is 24.0. The summed E-state index contributed by atoms with van der Waals surface area (Å²) in [6.07, 6.45) is 6.22. The molecule has 5 nitrogen and oxygen atoms in total. The van der Waals surface area contributed by atoms with Gasteiger partial charge in [-0.25, -0.2) is 9.37 Å². The number of hydrogen-bond donors (Lipinski definition) is 2. The molecule has 1 aliphatic rings. The Morgan fingerprint density at radius 2 is 1.88 bits per heavy atom. The van der Waals surface area contributed by atoms with Crippen molar-refractivity contribution in [1.82, 2.24) is 15.0 Å². The fourth-order valence-electron chi connectivity index (χ4n) is 5.18. The lowest BCUT2D eigenvalue weighted by Crippen LogP contribution is -2.19. The Labute approximate surface area is 186 Å². The highest BCUT2D eigenvalue weighted by Crippen LogP contribution is 2.43. The molecule has 1 saturated carbocycles. The molecule has 2 aromatic heterocycles. The van der Waals surface area contributed by atoms with Crippen LogP contribution in [0.2, 0.25) is 0 Å². The van der Waals surface area contributed by atoms with E-state index in [4.69, 9.17) is 4.98 Å². The Kier molecular flexibility index (Phi) is 5.37. The second-order valence-electron chi connectivity index (χ2n) is 9.00. The predicted molar refractivity (Wildman–Crippen MR) is 125 cm³/mol. The van der Waals surface area contributed by atoms with Crippen LogP contribution in [0.15, 0.2) is 48.7 Å². The number of rotatable bonds is 4. The zero-order chi connectivity index (χ0) is 22.2. The van der Waals surface area contributed by atoms with Crippen LogP contribution in [0, 0.1) is 11.7 Å². The molecular weight excluding hydrogens is 403 g/mol. The first-order valence-electron chi connectivity index (χ1n) is 11.3. The Morgan fingerprint density at radius 1 is 1.09 bits per heavy atom. The van der Waals surface area contributed by atoms with E-state index in [9.17, 15) is 9.18 Å². The van der Waals surface area contributed by atoms with Gasteiger partial charge in [0, 0.05) is 30.1 Å². The van der Waals surface area contributed by atoms with Crippen molar-refractivity contribution >= 4 is 33.5 Å². The summed E-state index contributed by atoms with van der Waals surface area (Å²) in [6.45, 7) is 3.75. The molecule has 6 heteroatoms. The first kappa shape index (κ1) is 20.6. The zero-order valence-electron chi connectivity index (χ0n) is 18.4. The summed E-state index contributed by atoms with van der Waals surface area (Å²) < 4.78 is 13.9. The average molecular weight is 431 g/mol. The van der Waals surface area contributed by atoms with Crippen LogP contribution in [0.3, 0.4) is 0 Å². The third-order valence-corrected chi connectivity index (χ3v) is 6.91. The van der Waals surface area contributed by atoms with Crippen molar-refractivity contribution in [3.8, 4) is 0 Å². The third kappa shape index (κ3) is 3.97. The highest BCUT2D eigenvalue weighted by molar-refractivity contribution is 5.91. The van der Waals surface area contributed by atoms with Gasteiger partial charge in [-0.05, 0) is 85.5 Å². The molecule has 0 radical (unpaired) electrons. The van der Waals surface area contributed by atoms with E-state index in [0.29, 0.717) is 17.8 Å². The molecule has 1 atom stereocenters. The lowest BCUT2D eigenvalue weighted by molar-refractivity contribution is -0.114. The number of carbonyl (C=O) groups is 1. The van der Waals surface area contributed by atoms with Crippen molar-refractivity contribution in [1.29, 1.82) is 0 Å². The molecule has 2 heterocycles. The lowest BCUT2D eigenvalue weighted by atomic mass is 9.73. The molecule has 164 valence electrons. The number of imidazole rings is 1. The summed E-state index contributed by atoms with van der Waals surface area (Å²) in [5.74, 6) is 2.01. The second-order valence-corrected chi connectivity index (χ2v) is 9.00. The number of benzene rings is 2. The molecule has 0 bridgehead atoms. The number of nitrogens with one attached hydrogen (secondary N) is 2. The maximum Gasteiger partial charge on any atom is 0.221 e. The van der Waals surface area contributed by atoms with E-state index in [1.54, 1.807) is 12.1 Å². The van der Waals surface area contributed by atoms with E-state index >= 15 is 0 Å². The third-order valence-electron chi connectivity index (χ3n) is 6.91. The smallest absolute Gasteiger partial charge is 0.221 e. The van der Waals surface area contributed by atoms with Crippen LogP contribution in [0.1, 0.15) is 62.8 Å². The molecule has 0 spiro atoms. The van der Waals surface area contributed by atoms with Crippen LogP contribution in [-0.4, -0.2) is 20.9 Å². The highest BCUT2D eigenvalue weighted by atomic mass is 19.1. The zero-order valence-corrected chi connectivity index (χ0v) is 18.4. The van der Waals surface area contributed by atoms with Crippen LogP contribution in [0.25, 0.3) is 21.9 Å². The minimum absolute atomic E-state index is 0.0843. The molecular formula is C26H27FN4O. The summed E-state index contributed by atoms with van der Waals surface area (Å²) >= 11 is 0. The number of aromatic amines is 1. The monoisotopic (exact) mass is 430 g/mol. The van der Waals surface area contributed by atoms with E-state index < -0.39 is 0 Å². The van der Waals surface area contributed by atoms with Crippen molar-refractivity contribution in [3.05, 3.63) is 65.9 Å². The Hall–Kier alpha value is -3.28. The molecule has 1 aliphatic carbocycles. The largest absolute Gasteiger partial charge is 0.342 e. The van der Waals surface area contributed by atoms with E-state index in [0.717, 1.165) is 59.1 Å². The number of H-pyrrole nitrogens is 1. The number of amides is 1. The maximum absolute atomic E-state index is 13.9. The molecule has 0 saturated heterocycles. The molecule has 1 unspecified atom stereocenters. The van der Waals surface area contributed by atoms with Gasteiger partial charge < -0.3 is 10.3 Å². The number of pyridine rings is 1. The molecule has 4 aromatic rings. The summed E-state index contributed by atoms with van der Waals surface area (Å²) in [5.41, 5.74) is 4.71. The van der Waals surface area contributed by atoms with Gasteiger partial charge in [0.2, 0.25) is 5.91 Å². The van der Waals surface area contributed by atoms with Crippen LogP contribution in [0.5, 0.6) is 0 Å². The van der Waals surface area contributed by atoms with E-state index in [1.807, 2.05) is 24.4 Å². The van der Waals surface area contributed by atoms with E-state index in [2.05, 4.69) is 28.3 Å². The van der Waals surface area contributed by atoms with E-state index in [-0.39, 0.29) is 11.7 Å². The number of hydrogen-bond acceptors (Lipinski definition) is 3. The normalized spacial score (nSPS) is 19.8. The number of halogens is 1. The van der Waals surface area contributed by atoms with Crippen molar-refractivity contribution in [2.45, 2.75) is 51.4 Å². The van der Waals surface area contributed by atoms with Gasteiger partial charge in [0.15, 0.2) is 0 Å². The number of aromatic nitrogens is 3. The molecule has 0 aliphatic heterocycles. The van der Waals surface area contributed by atoms with Gasteiger partial charge in [0.25, 0.3) is 0 Å². The quantitative estimate of drug-likeness (QED) is 0.400. The fourth-order valence-corrected chi connectivity index (χ4v) is 5.18. The van der Waals surface area contributed by atoms with Gasteiger partial charge in [-0.1, -0.05) is 6.92 Å². The maximum atomic E-state index is 13.9. The fraction of sp³-hybridized carbons (Fsp3) is 0.346. The number of anilines is 1. The second kappa shape index (κ2) is 8.34. The molecule has 1 amide bonds. The highest BCUT2D eigenvalue weighted by Gasteiger charge is 2.29. The number of carbonyl (C=O) groups excluding carboxylic acids is 1. The summed E-state index contributed by atoms with van der Waals surface area (Å²) in [7, 11) is 0. The molecule has 32 heavy (non-hydrogen) atoms. The van der Waals surface area contributed by atoms with Crippen molar-refractivity contribution in [3.63, 3.8) is 0 Å². The summed E-state index contributed by atoms with van der Waals surface area (Å²) in [6, 6.07) is 12.7. The molecule has 2 N–H and O–H groups in total. The SMILES string of the molecule is CC(=O)Nc1ccc2nc(C(C)C3CCC(c4ccnc5ccc(F)cc45)CC3)[nH]c2c1. The lowest BCUT2D eigenvalue weighted by Gasteiger charge is -2.32. The Bertz CT molecular complexity index is 1290. The van der Waals surface area contributed by atoms with Gasteiger partial charge in [0.05, 0.1) is 16.6 Å². The average Bonchev–Trinajstić information content (AvgIpc) is 3.21. The van der Waals surface area contributed by atoms with Crippen LogP contribution < -0.4 is 5.32 Å². The Morgan fingerprint density at radius 3 is 2.66 bits per heavy atom. The summed E-state index contributed by atoms with van der Waals surface area (Å²) in [5, 5.41) is 3.76. The van der Waals surface area contributed by atoms with Crippen molar-refractivity contribution < 1.29 is 9.18 Å². The van der Waals surface area contributed by atoms with Gasteiger partial charge in [0.1, 0.15) is 11.6 Å². The first-order valence-corrected chi connectivity index (χ1v) is 11.3. The van der Waals surface area contributed by atoms with Gasteiger partial charge >= 0.3 is 0 Å². The van der Waals surface area contributed by atoms with Crippen LogP contribution in [0.4, 0.5) is 10.1 Å². The molecule has 1 fully saturated rings. The van der Waals surface area contributed by atoms with Crippen molar-refractivity contribution in [2.75, 3.05) is 5.32 Å². The Balaban J connectivity index is 1.31. The van der Waals surface area contributed by atoms with Crippen molar-refractivity contribution in [2.24, 2.45) is 5.92 Å². The minimum atomic E-state index is -0.208. The minimum Gasteiger partial charge on any atom is -0.342 e. The topological polar surface area (TPSA) is 70.7 Å². The first-order chi connectivity index (χ1) is 15.5. The van der Waals surface area contributed by atoms with Gasteiger partial charge in [-0.15, -0.1) is 0 Å². The predicted octanol–water partition coefficient (Wildman–Crippen LogP) is 6.29. The van der Waals surface area contributed by atoms with E-state index in [1.165, 1.54) is 18.6 Å². The molecule has 5 rings (SSSR count). The van der Waals surface area contributed by atoms with Crippen LogP contribution >= 0.6 is 0 Å². The van der Waals surface area contributed by atoms with Gasteiger partial charge in [-0.3, -0.25) is 9.78 Å².